The first-order valence-corrected chi connectivity index (χ1v) is 9.23. The molecule has 0 atom stereocenters. The Morgan fingerprint density at radius 1 is 0.731 bits per heavy atom. The summed E-state index contributed by atoms with van der Waals surface area (Å²) < 4.78 is 0. The summed E-state index contributed by atoms with van der Waals surface area (Å²) in [5.41, 5.74) is 4.75. The van der Waals surface area contributed by atoms with Crippen LogP contribution in [-0.4, -0.2) is 9.97 Å². The van der Waals surface area contributed by atoms with Gasteiger partial charge >= 0.3 is 0 Å². The van der Waals surface area contributed by atoms with Gasteiger partial charge in [0.1, 0.15) is 0 Å². The Morgan fingerprint density at radius 3 is 2.15 bits per heavy atom. The molecule has 1 aliphatic carbocycles. The van der Waals surface area contributed by atoms with Crippen molar-refractivity contribution in [3.8, 4) is 22.6 Å². The van der Waals surface area contributed by atoms with Crippen LogP contribution in [0, 0.1) is 0 Å². The second-order valence-corrected chi connectivity index (χ2v) is 7.00. The van der Waals surface area contributed by atoms with Crippen molar-refractivity contribution in [2.45, 2.75) is 12.8 Å². The molecule has 3 aromatic rings. The van der Waals surface area contributed by atoms with Crippen molar-refractivity contribution in [1.82, 2.24) is 9.97 Å². The zero-order valence-corrected chi connectivity index (χ0v) is 15.5. The van der Waals surface area contributed by atoms with E-state index in [4.69, 9.17) is 33.2 Å². The molecule has 4 rings (SSSR count). The Morgan fingerprint density at radius 2 is 1.46 bits per heavy atom. The molecular formula is C22H16Cl2N2. The van der Waals surface area contributed by atoms with Crippen molar-refractivity contribution < 1.29 is 0 Å². The zero-order valence-electron chi connectivity index (χ0n) is 14.0. The lowest BCUT2D eigenvalue weighted by Crippen LogP contribution is -1.98. The van der Waals surface area contributed by atoms with E-state index in [0.717, 1.165) is 40.9 Å². The van der Waals surface area contributed by atoms with Crippen molar-refractivity contribution in [2.24, 2.45) is 0 Å². The minimum Gasteiger partial charge on any atom is -0.228 e. The van der Waals surface area contributed by atoms with Gasteiger partial charge in [-0.25, -0.2) is 9.97 Å². The standard InChI is InChI=1S/C22H16Cl2N2/c23-18-11-17(12-19(24)13-18)22-25-20(15-7-3-1-4-8-15)14-21(26-22)16-9-5-2-6-10-16/h1,3-5,7-14H,2,6H2. The van der Waals surface area contributed by atoms with Crippen molar-refractivity contribution in [2.75, 3.05) is 0 Å². The highest BCUT2D eigenvalue weighted by atomic mass is 35.5. The molecule has 0 radical (unpaired) electrons. The fourth-order valence-electron chi connectivity index (χ4n) is 2.97. The minimum atomic E-state index is 0.569. The third kappa shape index (κ3) is 3.72. The lowest BCUT2D eigenvalue weighted by molar-refractivity contribution is 1.03. The predicted octanol–water partition coefficient (Wildman–Crippen LogP) is 6.85. The minimum absolute atomic E-state index is 0.569. The topological polar surface area (TPSA) is 25.8 Å². The second kappa shape index (κ2) is 7.45. The Hall–Kier alpha value is -2.42. The average Bonchev–Trinajstić information content (AvgIpc) is 2.68. The molecule has 0 aliphatic heterocycles. The smallest absolute Gasteiger partial charge is 0.160 e. The molecule has 0 N–H and O–H groups in total. The number of nitrogens with zero attached hydrogens (tertiary/aromatic N) is 2. The number of hydrogen-bond acceptors (Lipinski definition) is 2. The first kappa shape index (κ1) is 17.0. The molecule has 0 saturated carbocycles. The van der Waals surface area contributed by atoms with Gasteiger partial charge in [0.25, 0.3) is 0 Å². The molecule has 2 nitrogen and oxygen atoms in total. The molecule has 128 valence electrons. The van der Waals surface area contributed by atoms with Gasteiger partial charge in [-0.15, -0.1) is 0 Å². The van der Waals surface area contributed by atoms with Crippen LogP contribution in [0.15, 0.2) is 72.8 Å². The summed E-state index contributed by atoms with van der Waals surface area (Å²) in [5.74, 6) is 0.616. The van der Waals surface area contributed by atoms with Gasteiger partial charge in [0.15, 0.2) is 5.82 Å². The third-order valence-corrected chi connectivity index (χ3v) is 4.64. The lowest BCUT2D eigenvalue weighted by atomic mass is 10.0. The van der Waals surface area contributed by atoms with Crippen LogP contribution in [0.5, 0.6) is 0 Å². The molecule has 0 saturated heterocycles. The summed E-state index contributed by atoms with van der Waals surface area (Å²) in [6.07, 6.45) is 8.60. The van der Waals surface area contributed by atoms with E-state index in [1.54, 1.807) is 6.07 Å². The van der Waals surface area contributed by atoms with Crippen LogP contribution in [0.1, 0.15) is 18.5 Å². The van der Waals surface area contributed by atoms with Crippen LogP contribution in [0.3, 0.4) is 0 Å². The van der Waals surface area contributed by atoms with E-state index in [-0.39, 0.29) is 0 Å². The summed E-state index contributed by atoms with van der Waals surface area (Å²) in [5, 5.41) is 1.14. The number of benzene rings is 2. The molecule has 26 heavy (non-hydrogen) atoms. The fourth-order valence-corrected chi connectivity index (χ4v) is 3.49. The maximum atomic E-state index is 6.18. The van der Waals surface area contributed by atoms with E-state index in [1.807, 2.05) is 48.5 Å². The number of halogens is 2. The summed E-state index contributed by atoms with van der Waals surface area (Å²) in [6.45, 7) is 0. The summed E-state index contributed by atoms with van der Waals surface area (Å²) in [6, 6.07) is 17.5. The van der Waals surface area contributed by atoms with E-state index >= 15 is 0 Å². The maximum Gasteiger partial charge on any atom is 0.160 e. The van der Waals surface area contributed by atoms with Crippen LogP contribution < -0.4 is 0 Å². The average molecular weight is 379 g/mol. The molecule has 0 amide bonds. The van der Waals surface area contributed by atoms with Gasteiger partial charge in [0, 0.05) is 21.2 Å². The first-order valence-electron chi connectivity index (χ1n) is 8.47. The van der Waals surface area contributed by atoms with Crippen molar-refractivity contribution in [3.05, 3.63) is 88.6 Å². The Kier molecular flexibility index (Phi) is 4.87. The number of aromatic nitrogens is 2. The normalized spacial score (nSPS) is 13.5. The molecule has 0 bridgehead atoms. The molecule has 1 heterocycles. The van der Waals surface area contributed by atoms with Crippen molar-refractivity contribution >= 4 is 28.8 Å². The molecule has 0 fully saturated rings. The van der Waals surface area contributed by atoms with E-state index in [1.165, 1.54) is 0 Å². The van der Waals surface area contributed by atoms with Gasteiger partial charge in [0.05, 0.1) is 11.4 Å². The maximum absolute atomic E-state index is 6.18. The zero-order chi connectivity index (χ0) is 17.9. The van der Waals surface area contributed by atoms with Gasteiger partial charge in [-0.3, -0.25) is 0 Å². The molecule has 0 unspecified atom stereocenters. The van der Waals surface area contributed by atoms with Crippen molar-refractivity contribution in [1.29, 1.82) is 0 Å². The van der Waals surface area contributed by atoms with Crippen LogP contribution in [0.25, 0.3) is 28.2 Å². The van der Waals surface area contributed by atoms with Crippen LogP contribution in [0.4, 0.5) is 0 Å². The van der Waals surface area contributed by atoms with Crippen LogP contribution in [0.2, 0.25) is 10.0 Å². The Balaban J connectivity index is 1.90. The third-order valence-electron chi connectivity index (χ3n) is 4.21. The monoisotopic (exact) mass is 378 g/mol. The van der Waals surface area contributed by atoms with Gasteiger partial charge in [-0.05, 0) is 42.7 Å². The first-order chi connectivity index (χ1) is 12.7. The summed E-state index contributed by atoms with van der Waals surface area (Å²) >= 11 is 12.4. The summed E-state index contributed by atoms with van der Waals surface area (Å²) in [4.78, 5) is 9.56. The number of hydrogen-bond donors (Lipinski definition) is 0. The molecule has 0 spiro atoms. The van der Waals surface area contributed by atoms with Gasteiger partial charge in [-0.1, -0.05) is 71.8 Å². The quantitative estimate of drug-likeness (QED) is 0.497. The molecule has 4 heteroatoms. The molecule has 1 aromatic heterocycles. The van der Waals surface area contributed by atoms with Gasteiger partial charge < -0.3 is 0 Å². The molecule has 2 aromatic carbocycles. The van der Waals surface area contributed by atoms with E-state index < -0.39 is 0 Å². The lowest BCUT2D eigenvalue weighted by Gasteiger charge is -2.12. The highest BCUT2D eigenvalue weighted by Gasteiger charge is 2.12. The number of rotatable bonds is 3. The van der Waals surface area contributed by atoms with E-state index in [9.17, 15) is 0 Å². The second-order valence-electron chi connectivity index (χ2n) is 6.13. The van der Waals surface area contributed by atoms with E-state index in [2.05, 4.69) is 18.2 Å². The molecular weight excluding hydrogens is 363 g/mol. The summed E-state index contributed by atoms with van der Waals surface area (Å²) in [7, 11) is 0. The van der Waals surface area contributed by atoms with E-state index in [0.29, 0.717) is 15.9 Å². The van der Waals surface area contributed by atoms with Crippen LogP contribution in [-0.2, 0) is 0 Å². The Labute approximate surface area is 162 Å². The highest BCUT2D eigenvalue weighted by molar-refractivity contribution is 6.35. The fraction of sp³-hybridized carbons (Fsp3) is 0.0909. The molecule has 1 aliphatic rings. The largest absolute Gasteiger partial charge is 0.228 e. The SMILES string of the molecule is Clc1cc(Cl)cc(-c2nc(C3=CCCC=C3)cc(-c3ccccc3)n2)c1. The predicted molar refractivity (Wildman–Crippen MR) is 109 cm³/mol. The number of allylic oxidation sites excluding steroid dienone is 4. The Bertz CT molecular complexity index is 988. The highest BCUT2D eigenvalue weighted by Crippen LogP contribution is 2.30. The van der Waals surface area contributed by atoms with Crippen LogP contribution >= 0.6 is 23.2 Å². The van der Waals surface area contributed by atoms with Gasteiger partial charge in [0.2, 0.25) is 0 Å². The van der Waals surface area contributed by atoms with Gasteiger partial charge in [-0.2, -0.15) is 0 Å². The van der Waals surface area contributed by atoms with Crippen molar-refractivity contribution in [3.63, 3.8) is 0 Å².